The van der Waals surface area contributed by atoms with Crippen molar-refractivity contribution in [3.05, 3.63) is 18.5 Å². The number of amides is 2. The lowest BCUT2D eigenvalue weighted by Gasteiger charge is -2.38. The third-order valence-corrected chi connectivity index (χ3v) is 5.13. The van der Waals surface area contributed by atoms with Crippen molar-refractivity contribution in [3.8, 4) is 0 Å². The van der Waals surface area contributed by atoms with E-state index < -0.39 is 5.60 Å². The first-order valence-electron chi connectivity index (χ1n) is 10.1. The van der Waals surface area contributed by atoms with Gasteiger partial charge in [-0.05, 0) is 52.5 Å². The molecule has 3 rings (SSSR count). The van der Waals surface area contributed by atoms with E-state index in [4.69, 9.17) is 4.74 Å². The molecule has 0 bridgehead atoms. The van der Waals surface area contributed by atoms with E-state index in [-0.39, 0.29) is 24.0 Å². The van der Waals surface area contributed by atoms with Gasteiger partial charge in [0, 0.05) is 44.6 Å². The van der Waals surface area contributed by atoms with Gasteiger partial charge >= 0.3 is 6.09 Å². The second-order valence-electron chi connectivity index (χ2n) is 8.58. The molecule has 0 unspecified atom stereocenters. The summed E-state index contributed by atoms with van der Waals surface area (Å²) >= 11 is 0. The number of ether oxygens (including phenoxy) is 1. The predicted octanol–water partition coefficient (Wildman–Crippen LogP) is 2.21. The molecule has 1 aromatic heterocycles. The summed E-state index contributed by atoms with van der Waals surface area (Å²) in [5.41, 5.74) is -0.504. The van der Waals surface area contributed by atoms with Crippen molar-refractivity contribution in [1.29, 1.82) is 0 Å². The molecule has 0 aliphatic carbocycles. The zero-order chi connectivity index (χ0) is 20.1. The maximum atomic E-state index is 13.0. The zero-order valence-corrected chi connectivity index (χ0v) is 17.1. The molecule has 2 fully saturated rings. The number of anilines is 1. The molecule has 8 heteroatoms. The summed E-state index contributed by atoms with van der Waals surface area (Å²) < 4.78 is 5.32. The molecular weight excluding hydrogens is 358 g/mol. The van der Waals surface area contributed by atoms with Gasteiger partial charge in [0.15, 0.2) is 0 Å². The minimum Gasteiger partial charge on any atom is -0.444 e. The Hall–Kier alpha value is -2.38. The Morgan fingerprint density at radius 1 is 1.11 bits per heavy atom. The van der Waals surface area contributed by atoms with Crippen LogP contribution in [0, 0.1) is 5.92 Å². The molecule has 28 heavy (non-hydrogen) atoms. The molecule has 3 heterocycles. The molecule has 0 spiro atoms. The van der Waals surface area contributed by atoms with E-state index in [1.165, 1.54) is 0 Å². The van der Waals surface area contributed by atoms with E-state index in [1.807, 2.05) is 25.7 Å². The second-order valence-corrected chi connectivity index (χ2v) is 8.58. The number of carbonyl (C=O) groups is 2. The second kappa shape index (κ2) is 8.75. The van der Waals surface area contributed by atoms with Gasteiger partial charge in [0.2, 0.25) is 11.9 Å². The van der Waals surface area contributed by atoms with E-state index in [9.17, 15) is 9.59 Å². The summed E-state index contributed by atoms with van der Waals surface area (Å²) in [6.07, 6.45) is 6.45. The Kier molecular flexibility index (Phi) is 6.36. The summed E-state index contributed by atoms with van der Waals surface area (Å²) in [6.45, 7) is 8.43. The van der Waals surface area contributed by atoms with Crippen LogP contribution in [0.4, 0.5) is 10.7 Å². The highest BCUT2D eigenvalue weighted by molar-refractivity contribution is 5.80. The topological polar surface area (TPSA) is 87.7 Å². The highest BCUT2D eigenvalue weighted by Crippen LogP contribution is 2.23. The van der Waals surface area contributed by atoms with Crippen LogP contribution in [0.5, 0.6) is 0 Å². The van der Waals surface area contributed by atoms with Gasteiger partial charge in [0.1, 0.15) is 5.60 Å². The number of rotatable bonds is 3. The van der Waals surface area contributed by atoms with Crippen molar-refractivity contribution in [2.24, 2.45) is 5.92 Å². The quantitative estimate of drug-likeness (QED) is 0.853. The van der Waals surface area contributed by atoms with Gasteiger partial charge in [-0.1, -0.05) is 0 Å². The fraction of sp³-hybridized carbons (Fsp3) is 0.700. The Morgan fingerprint density at radius 2 is 1.79 bits per heavy atom. The maximum Gasteiger partial charge on any atom is 0.407 e. The van der Waals surface area contributed by atoms with E-state index >= 15 is 0 Å². The Bertz CT molecular complexity index is 668. The molecule has 2 saturated heterocycles. The van der Waals surface area contributed by atoms with Crippen LogP contribution in [0.15, 0.2) is 18.5 Å². The smallest absolute Gasteiger partial charge is 0.407 e. The molecule has 1 N–H and O–H groups in total. The average Bonchev–Trinajstić information content (AvgIpc) is 2.67. The first-order valence-corrected chi connectivity index (χ1v) is 10.1. The Morgan fingerprint density at radius 3 is 2.43 bits per heavy atom. The maximum absolute atomic E-state index is 13.0. The van der Waals surface area contributed by atoms with E-state index in [2.05, 4.69) is 20.2 Å². The fourth-order valence-electron chi connectivity index (χ4n) is 3.79. The molecule has 2 aliphatic heterocycles. The van der Waals surface area contributed by atoms with Crippen LogP contribution < -0.4 is 10.2 Å². The van der Waals surface area contributed by atoms with Gasteiger partial charge in [0.05, 0.1) is 5.92 Å². The van der Waals surface area contributed by atoms with Crippen molar-refractivity contribution in [2.75, 3.05) is 31.1 Å². The Labute approximate surface area is 166 Å². The number of hydrogen-bond acceptors (Lipinski definition) is 6. The number of aromatic nitrogens is 2. The van der Waals surface area contributed by atoms with Crippen LogP contribution in [0.25, 0.3) is 0 Å². The largest absolute Gasteiger partial charge is 0.444 e. The van der Waals surface area contributed by atoms with Gasteiger partial charge in [-0.3, -0.25) is 4.79 Å². The van der Waals surface area contributed by atoms with E-state index in [0.29, 0.717) is 25.6 Å². The Balaban J connectivity index is 1.47. The molecule has 0 aromatic carbocycles. The summed E-state index contributed by atoms with van der Waals surface area (Å²) in [5, 5.41) is 2.92. The van der Waals surface area contributed by atoms with Crippen molar-refractivity contribution in [2.45, 2.75) is 58.1 Å². The van der Waals surface area contributed by atoms with Crippen LogP contribution >= 0.6 is 0 Å². The van der Waals surface area contributed by atoms with Crippen molar-refractivity contribution >= 4 is 17.9 Å². The van der Waals surface area contributed by atoms with Crippen LogP contribution in [-0.4, -0.2) is 64.7 Å². The number of alkyl carbamates (subject to hydrolysis) is 1. The highest BCUT2D eigenvalue weighted by atomic mass is 16.6. The lowest BCUT2D eigenvalue weighted by atomic mass is 9.95. The van der Waals surface area contributed by atoms with Gasteiger partial charge in [-0.25, -0.2) is 14.8 Å². The van der Waals surface area contributed by atoms with Crippen molar-refractivity contribution < 1.29 is 14.3 Å². The summed E-state index contributed by atoms with van der Waals surface area (Å²) in [7, 11) is 0. The van der Waals surface area contributed by atoms with Gasteiger partial charge in [-0.2, -0.15) is 0 Å². The minimum absolute atomic E-state index is 0.0204. The average molecular weight is 390 g/mol. The van der Waals surface area contributed by atoms with Gasteiger partial charge in [0.25, 0.3) is 0 Å². The summed E-state index contributed by atoms with van der Waals surface area (Å²) in [6, 6.07) is 1.85. The third kappa shape index (κ3) is 5.56. The summed E-state index contributed by atoms with van der Waals surface area (Å²) in [4.78, 5) is 37.6. The van der Waals surface area contributed by atoms with Crippen LogP contribution in [0.1, 0.15) is 46.5 Å². The fourth-order valence-corrected chi connectivity index (χ4v) is 3.79. The third-order valence-electron chi connectivity index (χ3n) is 5.13. The van der Waals surface area contributed by atoms with Gasteiger partial charge in [-0.15, -0.1) is 0 Å². The molecule has 1 atom stereocenters. The van der Waals surface area contributed by atoms with Crippen molar-refractivity contribution in [3.63, 3.8) is 0 Å². The van der Waals surface area contributed by atoms with Crippen LogP contribution in [0.3, 0.4) is 0 Å². The first-order chi connectivity index (χ1) is 13.3. The van der Waals surface area contributed by atoms with Crippen LogP contribution in [0.2, 0.25) is 0 Å². The number of likely N-dealkylation sites (tertiary alicyclic amines) is 1. The lowest BCUT2D eigenvalue weighted by molar-refractivity contribution is -0.136. The standard InChI is InChI=1S/C20H31N5O3/c1-20(2,3)28-19(27)23-16-7-12-24(13-8-16)17(26)15-6-4-11-25(14-15)18-21-9-5-10-22-18/h5,9-10,15-16H,4,6-8,11-14H2,1-3H3,(H,23,27)/t15-/m1/s1. The monoisotopic (exact) mass is 389 g/mol. The molecular formula is C20H31N5O3. The van der Waals surface area contributed by atoms with Gasteiger partial charge < -0.3 is 19.9 Å². The predicted molar refractivity (Wildman–Crippen MR) is 106 cm³/mol. The lowest BCUT2D eigenvalue weighted by Crippen LogP contribution is -2.51. The SMILES string of the molecule is CC(C)(C)OC(=O)NC1CCN(C(=O)[C@@H]2CCCN(c3ncccn3)C2)CC1. The number of hydrogen-bond donors (Lipinski definition) is 1. The molecule has 2 amide bonds. The first kappa shape index (κ1) is 20.4. The molecule has 0 saturated carbocycles. The molecule has 0 radical (unpaired) electrons. The molecule has 8 nitrogen and oxygen atoms in total. The number of nitrogens with zero attached hydrogens (tertiary/aromatic N) is 4. The molecule has 2 aliphatic rings. The molecule has 154 valence electrons. The number of piperidine rings is 2. The normalized spacial score (nSPS) is 21.3. The number of carbonyl (C=O) groups excluding carboxylic acids is 2. The number of nitrogens with one attached hydrogen (secondary N) is 1. The molecule has 1 aromatic rings. The minimum atomic E-state index is -0.504. The zero-order valence-electron chi connectivity index (χ0n) is 17.1. The summed E-state index contributed by atoms with van der Waals surface area (Å²) in [5.74, 6) is 0.879. The van der Waals surface area contributed by atoms with Crippen molar-refractivity contribution in [1.82, 2.24) is 20.2 Å². The highest BCUT2D eigenvalue weighted by Gasteiger charge is 2.32. The van der Waals surface area contributed by atoms with Crippen LogP contribution in [-0.2, 0) is 9.53 Å². The van der Waals surface area contributed by atoms with E-state index in [0.717, 1.165) is 32.2 Å². The van der Waals surface area contributed by atoms with E-state index in [1.54, 1.807) is 18.5 Å².